The summed E-state index contributed by atoms with van der Waals surface area (Å²) >= 11 is 0. The minimum Gasteiger partial charge on any atom is -0.487 e. The van der Waals surface area contributed by atoms with Crippen LogP contribution < -0.4 is 15.8 Å². The zero-order chi connectivity index (χ0) is 25.3. The van der Waals surface area contributed by atoms with Crippen LogP contribution in [0, 0.1) is 5.92 Å². The summed E-state index contributed by atoms with van der Waals surface area (Å²) in [5.74, 6) is 1.46. The molecule has 4 aliphatic rings. The molecule has 1 unspecified atom stereocenters. The molecular formula is C27H32N6O4. The third-order valence-corrected chi connectivity index (χ3v) is 8.07. The van der Waals surface area contributed by atoms with Gasteiger partial charge in [-0.3, -0.25) is 10.1 Å². The first-order chi connectivity index (χ1) is 18.0. The molecule has 2 aliphatic heterocycles. The number of benzene rings is 1. The maximum absolute atomic E-state index is 13.5. The van der Waals surface area contributed by atoms with Gasteiger partial charge in [-0.1, -0.05) is 0 Å². The number of rotatable bonds is 8. The average molecular weight is 505 g/mol. The van der Waals surface area contributed by atoms with Gasteiger partial charge in [-0.2, -0.15) is 0 Å². The van der Waals surface area contributed by atoms with E-state index < -0.39 is 6.23 Å². The normalized spacial score (nSPS) is 23.0. The molecule has 0 bridgehead atoms. The van der Waals surface area contributed by atoms with Crippen molar-refractivity contribution in [3.05, 3.63) is 41.1 Å². The predicted molar refractivity (Wildman–Crippen MR) is 136 cm³/mol. The van der Waals surface area contributed by atoms with E-state index in [9.17, 15) is 9.90 Å². The van der Waals surface area contributed by atoms with Crippen LogP contribution in [0.5, 0.6) is 5.75 Å². The molecule has 3 fully saturated rings. The maximum atomic E-state index is 13.5. The molecule has 3 aromatic rings. The van der Waals surface area contributed by atoms with Crippen molar-refractivity contribution >= 4 is 17.4 Å². The number of nitrogens with one attached hydrogen (secondary N) is 1. The third-order valence-electron chi connectivity index (χ3n) is 8.07. The van der Waals surface area contributed by atoms with Crippen LogP contribution >= 0.6 is 0 Å². The van der Waals surface area contributed by atoms with E-state index in [1.165, 1.54) is 12.8 Å². The van der Waals surface area contributed by atoms with E-state index in [0.717, 1.165) is 30.4 Å². The van der Waals surface area contributed by atoms with Crippen LogP contribution in [0.2, 0.25) is 0 Å². The molecule has 194 valence electrons. The van der Waals surface area contributed by atoms with E-state index in [4.69, 9.17) is 20.2 Å². The molecule has 1 aromatic carbocycles. The quantitative estimate of drug-likeness (QED) is 0.400. The standard InChI is InChI=1S/C27H32N6O4/c1-14(15-2-3-15)32-12-17-10-16(11-21(22(17)27(32)35)37-19-7-9-36-13-19)20-6-8-33-25(30-20)23(24(28)31-33)26(34)29-18-4-5-18/h6,8,10-11,14-15,18-19,26,29,34H,2-5,7,9,12-13H2,1H3,(H2,28,31)/t14-,19-,26?/m0/s1. The van der Waals surface area contributed by atoms with Crippen LogP contribution in [-0.4, -0.2) is 61.9 Å². The lowest BCUT2D eigenvalue weighted by molar-refractivity contribution is 0.0691. The molecule has 2 aliphatic carbocycles. The van der Waals surface area contributed by atoms with Crippen molar-refractivity contribution in [3.8, 4) is 17.0 Å². The summed E-state index contributed by atoms with van der Waals surface area (Å²) in [4.78, 5) is 20.4. The molecule has 4 heterocycles. The predicted octanol–water partition coefficient (Wildman–Crippen LogP) is 2.64. The summed E-state index contributed by atoms with van der Waals surface area (Å²) < 4.78 is 13.5. The second-order valence-electron chi connectivity index (χ2n) is 10.8. The molecule has 10 nitrogen and oxygen atoms in total. The Morgan fingerprint density at radius 1 is 1.24 bits per heavy atom. The van der Waals surface area contributed by atoms with Crippen LogP contribution in [0.25, 0.3) is 16.9 Å². The number of aliphatic hydroxyl groups excluding tert-OH is 1. The van der Waals surface area contributed by atoms with E-state index >= 15 is 0 Å². The van der Waals surface area contributed by atoms with Crippen LogP contribution in [0.4, 0.5) is 5.82 Å². The number of amides is 1. The number of nitrogen functional groups attached to an aromatic ring is 1. The zero-order valence-corrected chi connectivity index (χ0v) is 20.9. The van der Waals surface area contributed by atoms with Crippen molar-refractivity contribution in [2.75, 3.05) is 18.9 Å². The summed E-state index contributed by atoms with van der Waals surface area (Å²) in [5, 5.41) is 18.3. The lowest BCUT2D eigenvalue weighted by atomic mass is 10.0. The first-order valence-electron chi connectivity index (χ1n) is 13.3. The van der Waals surface area contributed by atoms with E-state index in [0.29, 0.717) is 59.9 Å². The van der Waals surface area contributed by atoms with Gasteiger partial charge >= 0.3 is 0 Å². The van der Waals surface area contributed by atoms with Crippen molar-refractivity contribution in [2.45, 2.75) is 70.0 Å². The summed E-state index contributed by atoms with van der Waals surface area (Å²) in [6, 6.07) is 6.33. The largest absolute Gasteiger partial charge is 0.487 e. The number of nitrogens with zero attached hydrogens (tertiary/aromatic N) is 4. The lowest BCUT2D eigenvalue weighted by Gasteiger charge is -2.24. The van der Waals surface area contributed by atoms with Gasteiger partial charge in [0, 0.05) is 36.8 Å². The number of hydrogen-bond donors (Lipinski definition) is 3. The van der Waals surface area contributed by atoms with Crippen molar-refractivity contribution in [2.24, 2.45) is 5.92 Å². The number of ether oxygens (including phenoxy) is 2. The van der Waals surface area contributed by atoms with Gasteiger partial charge in [0.05, 0.1) is 30.0 Å². The maximum Gasteiger partial charge on any atom is 0.258 e. The van der Waals surface area contributed by atoms with Crippen molar-refractivity contribution in [1.29, 1.82) is 0 Å². The monoisotopic (exact) mass is 504 g/mol. The molecule has 7 rings (SSSR count). The number of aliphatic hydroxyl groups is 1. The number of anilines is 1. The Morgan fingerprint density at radius 2 is 2.08 bits per heavy atom. The fraction of sp³-hybridized carbons (Fsp3) is 0.519. The van der Waals surface area contributed by atoms with Gasteiger partial charge in [0.15, 0.2) is 11.5 Å². The van der Waals surface area contributed by atoms with E-state index in [2.05, 4.69) is 17.3 Å². The fourth-order valence-electron chi connectivity index (χ4n) is 5.57. The molecule has 3 atom stereocenters. The minimum absolute atomic E-state index is 0.0402. The molecule has 2 aromatic heterocycles. The van der Waals surface area contributed by atoms with E-state index in [1.54, 1.807) is 10.7 Å². The fourth-order valence-corrected chi connectivity index (χ4v) is 5.57. The SMILES string of the molecule is C[C@@H](C1CC1)N1Cc2cc(-c3ccn4nc(N)c(C(O)NC5CC5)c4n3)cc(O[C@H]3CCOC3)c2C1=O. The molecule has 1 saturated heterocycles. The highest BCUT2D eigenvalue weighted by molar-refractivity contribution is 6.02. The lowest BCUT2D eigenvalue weighted by Crippen LogP contribution is -2.34. The Labute approximate surface area is 214 Å². The van der Waals surface area contributed by atoms with Gasteiger partial charge < -0.3 is 25.2 Å². The van der Waals surface area contributed by atoms with E-state index in [-0.39, 0.29) is 23.9 Å². The summed E-state index contributed by atoms with van der Waals surface area (Å²) in [5.41, 5.74) is 10.3. The van der Waals surface area contributed by atoms with Crippen LogP contribution in [0.15, 0.2) is 24.4 Å². The summed E-state index contributed by atoms with van der Waals surface area (Å²) in [6.45, 7) is 3.89. The van der Waals surface area contributed by atoms with Crippen molar-refractivity contribution in [3.63, 3.8) is 0 Å². The number of carbonyl (C=O) groups is 1. The Hall–Kier alpha value is -3.21. The van der Waals surface area contributed by atoms with Gasteiger partial charge in [-0.15, -0.1) is 5.10 Å². The Morgan fingerprint density at radius 3 is 2.81 bits per heavy atom. The first kappa shape index (κ1) is 22.9. The number of hydrogen-bond acceptors (Lipinski definition) is 8. The Balaban J connectivity index is 1.29. The number of carbonyl (C=O) groups excluding carboxylic acids is 1. The number of fused-ring (bicyclic) bond motifs is 2. The topological polar surface area (TPSA) is 127 Å². The second kappa shape index (κ2) is 8.68. The van der Waals surface area contributed by atoms with Gasteiger partial charge in [0.25, 0.3) is 5.91 Å². The smallest absolute Gasteiger partial charge is 0.258 e. The molecule has 2 saturated carbocycles. The molecule has 1 amide bonds. The van der Waals surface area contributed by atoms with E-state index in [1.807, 2.05) is 23.1 Å². The number of aromatic nitrogens is 3. The highest BCUT2D eigenvalue weighted by atomic mass is 16.5. The molecule has 0 radical (unpaired) electrons. The van der Waals surface area contributed by atoms with Crippen LogP contribution in [0.1, 0.15) is 66.7 Å². The average Bonchev–Trinajstić information content (AvgIpc) is 3.78. The van der Waals surface area contributed by atoms with Crippen molar-refractivity contribution in [1.82, 2.24) is 24.8 Å². The minimum atomic E-state index is -0.941. The highest BCUT2D eigenvalue weighted by Crippen LogP contribution is 2.42. The molecule has 0 spiro atoms. The van der Waals surface area contributed by atoms with Crippen LogP contribution in [-0.2, 0) is 11.3 Å². The van der Waals surface area contributed by atoms with Crippen LogP contribution in [0.3, 0.4) is 0 Å². The molecular weight excluding hydrogens is 472 g/mol. The number of nitrogens with two attached hydrogens (primary N) is 1. The van der Waals surface area contributed by atoms with Gasteiger partial charge in [0.2, 0.25) is 0 Å². The second-order valence-corrected chi connectivity index (χ2v) is 10.8. The molecule has 4 N–H and O–H groups in total. The molecule has 37 heavy (non-hydrogen) atoms. The van der Waals surface area contributed by atoms with Gasteiger partial charge in [-0.25, -0.2) is 9.50 Å². The summed E-state index contributed by atoms with van der Waals surface area (Å²) in [6.07, 6.45) is 6.00. The molecule has 10 heteroatoms. The Kier molecular flexibility index (Phi) is 5.38. The van der Waals surface area contributed by atoms with Gasteiger partial charge in [0.1, 0.15) is 18.1 Å². The zero-order valence-electron chi connectivity index (χ0n) is 20.9. The van der Waals surface area contributed by atoms with Gasteiger partial charge in [-0.05, 0) is 62.3 Å². The summed E-state index contributed by atoms with van der Waals surface area (Å²) in [7, 11) is 0. The third kappa shape index (κ3) is 4.13. The van der Waals surface area contributed by atoms with Crippen molar-refractivity contribution < 1.29 is 19.4 Å². The Bertz CT molecular complexity index is 1370. The first-order valence-corrected chi connectivity index (χ1v) is 13.3. The highest BCUT2D eigenvalue weighted by Gasteiger charge is 2.40.